The number of pyridine rings is 1. The van der Waals surface area contributed by atoms with Gasteiger partial charge in [-0.05, 0) is 41.8 Å². The van der Waals surface area contributed by atoms with Crippen LogP contribution in [-0.2, 0) is 17.0 Å². The Morgan fingerprint density at radius 3 is 2.72 bits per heavy atom. The summed E-state index contributed by atoms with van der Waals surface area (Å²) in [6, 6.07) is 18.1. The van der Waals surface area contributed by atoms with E-state index in [-0.39, 0.29) is 5.91 Å². The molecule has 164 valence electrons. The monoisotopic (exact) mass is 446 g/mol. The number of nitrogens with one attached hydrogen (secondary N) is 1. The van der Waals surface area contributed by atoms with E-state index in [1.807, 2.05) is 36.5 Å². The van der Waals surface area contributed by atoms with Gasteiger partial charge in [0.05, 0.1) is 30.4 Å². The number of thioether (sulfide) groups is 1. The van der Waals surface area contributed by atoms with Gasteiger partial charge in [0.1, 0.15) is 0 Å². The molecule has 4 rings (SSSR count). The van der Waals surface area contributed by atoms with Crippen molar-refractivity contribution >= 4 is 28.7 Å². The number of imidazole rings is 1. The molecule has 0 unspecified atom stereocenters. The highest BCUT2D eigenvalue weighted by atomic mass is 32.2. The van der Waals surface area contributed by atoms with Crippen molar-refractivity contribution in [2.24, 2.45) is 0 Å². The minimum Gasteiger partial charge on any atom is -0.383 e. The van der Waals surface area contributed by atoms with E-state index in [1.165, 1.54) is 11.1 Å². The summed E-state index contributed by atoms with van der Waals surface area (Å²) in [6.07, 6.45) is 3.65. The third-order valence-corrected chi connectivity index (χ3v) is 6.33. The molecule has 0 bridgehead atoms. The van der Waals surface area contributed by atoms with Crippen LogP contribution in [0.15, 0.2) is 72.1 Å². The molecule has 0 aliphatic carbocycles. The quantitative estimate of drug-likeness (QED) is 0.304. The largest absolute Gasteiger partial charge is 0.383 e. The topological polar surface area (TPSA) is 69.0 Å². The number of hydrogen-bond acceptors (Lipinski definition) is 5. The molecule has 4 aromatic rings. The lowest BCUT2D eigenvalue weighted by molar-refractivity contribution is 0.0937. The van der Waals surface area contributed by atoms with Gasteiger partial charge in [0.15, 0.2) is 5.16 Å². The Kier molecular flexibility index (Phi) is 7.19. The van der Waals surface area contributed by atoms with Crippen LogP contribution in [0.4, 0.5) is 0 Å². The van der Waals surface area contributed by atoms with Crippen LogP contribution in [0.5, 0.6) is 0 Å². The van der Waals surface area contributed by atoms with Crippen LogP contribution in [0.3, 0.4) is 0 Å². The fraction of sp³-hybridized carbons (Fsp3) is 0.240. The summed E-state index contributed by atoms with van der Waals surface area (Å²) in [6.45, 7) is 3.88. The summed E-state index contributed by atoms with van der Waals surface area (Å²) < 4.78 is 7.20. The summed E-state index contributed by atoms with van der Waals surface area (Å²) in [7, 11) is 1.62. The van der Waals surface area contributed by atoms with Gasteiger partial charge in [0.25, 0.3) is 5.91 Å². The van der Waals surface area contributed by atoms with Crippen LogP contribution in [0.25, 0.3) is 11.0 Å². The van der Waals surface area contributed by atoms with Crippen molar-refractivity contribution in [2.75, 3.05) is 20.3 Å². The van der Waals surface area contributed by atoms with Gasteiger partial charge < -0.3 is 14.6 Å². The van der Waals surface area contributed by atoms with Crippen LogP contribution < -0.4 is 5.32 Å². The van der Waals surface area contributed by atoms with Crippen LogP contribution in [0.2, 0.25) is 0 Å². The molecule has 0 atom stereocenters. The Bertz CT molecular complexity index is 1200. The molecule has 32 heavy (non-hydrogen) atoms. The zero-order valence-corrected chi connectivity index (χ0v) is 19.1. The average Bonchev–Trinajstić information content (AvgIpc) is 3.17. The lowest BCUT2D eigenvalue weighted by Gasteiger charge is -2.11. The Labute approximate surface area is 192 Å². The van der Waals surface area contributed by atoms with E-state index < -0.39 is 0 Å². The van der Waals surface area contributed by atoms with Gasteiger partial charge in [0, 0.05) is 31.2 Å². The normalized spacial score (nSPS) is 11.1. The molecule has 1 amide bonds. The number of rotatable bonds is 9. The van der Waals surface area contributed by atoms with Gasteiger partial charge in [-0.3, -0.25) is 9.78 Å². The number of benzene rings is 2. The Balaban J connectivity index is 1.50. The number of ether oxygens (including phenoxy) is 1. The van der Waals surface area contributed by atoms with E-state index >= 15 is 0 Å². The average molecular weight is 447 g/mol. The summed E-state index contributed by atoms with van der Waals surface area (Å²) in [4.78, 5) is 21.3. The predicted octanol–water partition coefficient (Wildman–Crippen LogP) is 4.46. The van der Waals surface area contributed by atoms with Crippen LogP contribution in [0.1, 0.15) is 27.0 Å². The van der Waals surface area contributed by atoms with Crippen molar-refractivity contribution in [1.29, 1.82) is 0 Å². The minimum absolute atomic E-state index is 0.0891. The molecule has 1 N–H and O–H groups in total. The van der Waals surface area contributed by atoms with Crippen molar-refractivity contribution in [3.8, 4) is 0 Å². The van der Waals surface area contributed by atoms with Crippen LogP contribution in [0, 0.1) is 6.92 Å². The second-order valence-electron chi connectivity index (χ2n) is 7.51. The summed E-state index contributed by atoms with van der Waals surface area (Å²) >= 11 is 1.69. The van der Waals surface area contributed by atoms with E-state index in [2.05, 4.69) is 46.1 Å². The van der Waals surface area contributed by atoms with Crippen molar-refractivity contribution < 1.29 is 9.53 Å². The van der Waals surface area contributed by atoms with Gasteiger partial charge in [0.2, 0.25) is 0 Å². The summed E-state index contributed by atoms with van der Waals surface area (Å²) in [5.74, 6) is 0.671. The van der Waals surface area contributed by atoms with E-state index in [1.54, 1.807) is 25.1 Å². The van der Waals surface area contributed by atoms with E-state index in [0.717, 1.165) is 34.1 Å². The summed E-state index contributed by atoms with van der Waals surface area (Å²) in [5.41, 5.74) is 6.28. The molecule has 0 radical (unpaired) electrons. The molecule has 2 heterocycles. The van der Waals surface area contributed by atoms with Gasteiger partial charge in [-0.25, -0.2) is 4.98 Å². The third kappa shape index (κ3) is 5.18. The summed E-state index contributed by atoms with van der Waals surface area (Å²) in [5, 5.41) is 3.79. The molecule has 6 nitrogen and oxygen atoms in total. The number of carbonyl (C=O) groups is 1. The molecule has 2 aromatic heterocycles. The molecular weight excluding hydrogens is 420 g/mol. The Morgan fingerprint density at radius 1 is 1.12 bits per heavy atom. The van der Waals surface area contributed by atoms with Gasteiger partial charge in [-0.2, -0.15) is 0 Å². The number of methoxy groups -OCH3 is 1. The van der Waals surface area contributed by atoms with Crippen molar-refractivity contribution in [3.05, 3.63) is 89.2 Å². The molecule has 0 saturated heterocycles. The van der Waals surface area contributed by atoms with Gasteiger partial charge >= 0.3 is 0 Å². The second kappa shape index (κ2) is 10.4. The second-order valence-corrected chi connectivity index (χ2v) is 8.45. The zero-order valence-electron chi connectivity index (χ0n) is 18.2. The van der Waals surface area contributed by atoms with E-state index in [9.17, 15) is 4.79 Å². The highest BCUT2D eigenvalue weighted by molar-refractivity contribution is 7.98. The van der Waals surface area contributed by atoms with E-state index in [4.69, 9.17) is 9.72 Å². The standard InChI is InChI=1S/C25H26N4O2S/c1-18-5-3-4-6-21(18)16-29-23-15-26-12-11-22(23)28-25(29)32-17-19-7-9-20(10-8-19)24(30)27-13-14-31-2/h3-12,15H,13-14,16-17H2,1-2H3,(H,27,30). The van der Waals surface area contributed by atoms with Crippen molar-refractivity contribution in [2.45, 2.75) is 24.4 Å². The highest BCUT2D eigenvalue weighted by Gasteiger charge is 2.13. The van der Waals surface area contributed by atoms with Crippen molar-refractivity contribution in [1.82, 2.24) is 19.9 Å². The number of carbonyl (C=O) groups excluding carboxylic acids is 1. The van der Waals surface area contributed by atoms with Crippen LogP contribution in [-0.4, -0.2) is 40.7 Å². The smallest absolute Gasteiger partial charge is 0.251 e. The first kappa shape index (κ1) is 22.0. The molecule has 0 fully saturated rings. The number of amides is 1. The molecule has 0 aliphatic heterocycles. The van der Waals surface area contributed by atoms with Crippen molar-refractivity contribution in [3.63, 3.8) is 0 Å². The maximum Gasteiger partial charge on any atom is 0.251 e. The van der Waals surface area contributed by atoms with Crippen LogP contribution >= 0.6 is 11.8 Å². The molecular formula is C25H26N4O2S. The number of fused-ring (bicyclic) bond motifs is 1. The maximum absolute atomic E-state index is 12.2. The highest BCUT2D eigenvalue weighted by Crippen LogP contribution is 2.28. The SMILES string of the molecule is COCCNC(=O)c1ccc(CSc2nc3ccncc3n2Cc2ccccc2C)cc1. The Hall–Kier alpha value is -3.16. The zero-order chi connectivity index (χ0) is 22.3. The molecule has 7 heteroatoms. The molecule has 2 aromatic carbocycles. The number of nitrogens with zero attached hydrogens (tertiary/aromatic N) is 3. The van der Waals surface area contributed by atoms with E-state index in [0.29, 0.717) is 18.7 Å². The number of aryl methyl sites for hydroxylation is 1. The fourth-order valence-corrected chi connectivity index (χ4v) is 4.41. The minimum atomic E-state index is -0.0891. The van der Waals surface area contributed by atoms with Gasteiger partial charge in [-0.15, -0.1) is 0 Å². The lowest BCUT2D eigenvalue weighted by Crippen LogP contribution is -2.26. The number of aromatic nitrogens is 3. The first-order valence-electron chi connectivity index (χ1n) is 10.5. The molecule has 0 saturated carbocycles. The maximum atomic E-state index is 12.2. The predicted molar refractivity (Wildman–Crippen MR) is 128 cm³/mol. The first-order valence-corrected chi connectivity index (χ1v) is 11.5. The number of hydrogen-bond donors (Lipinski definition) is 1. The third-order valence-electron chi connectivity index (χ3n) is 5.28. The lowest BCUT2D eigenvalue weighted by atomic mass is 10.1. The Morgan fingerprint density at radius 2 is 1.94 bits per heavy atom. The first-order chi connectivity index (χ1) is 15.7. The fourth-order valence-electron chi connectivity index (χ4n) is 3.44. The molecule has 0 aliphatic rings. The van der Waals surface area contributed by atoms with Gasteiger partial charge in [-0.1, -0.05) is 48.2 Å². The molecule has 0 spiro atoms.